The molecule has 2 aromatic rings. The van der Waals surface area contributed by atoms with Crippen molar-refractivity contribution in [2.75, 3.05) is 37.2 Å². The second-order valence-electron chi connectivity index (χ2n) is 10.4. The van der Waals surface area contributed by atoms with Gasteiger partial charge in [-0.3, -0.25) is 9.59 Å². The van der Waals surface area contributed by atoms with Crippen molar-refractivity contribution < 1.29 is 9.59 Å². The molecule has 0 radical (unpaired) electrons. The summed E-state index contributed by atoms with van der Waals surface area (Å²) in [6.45, 7) is 9.54. The predicted octanol–water partition coefficient (Wildman–Crippen LogP) is 4.11. The molecule has 1 saturated carbocycles. The van der Waals surface area contributed by atoms with E-state index in [0.29, 0.717) is 23.6 Å². The normalized spacial score (nSPS) is 20.0. The summed E-state index contributed by atoms with van der Waals surface area (Å²) in [5.74, 6) is 0.847. The summed E-state index contributed by atoms with van der Waals surface area (Å²) in [5.41, 5.74) is 13.7. The number of nitrogens with two attached hydrogens (primary N) is 1. The van der Waals surface area contributed by atoms with Crippen LogP contribution in [0.5, 0.6) is 0 Å². The third-order valence-corrected chi connectivity index (χ3v) is 7.95. The second kappa shape index (κ2) is 15.1. The minimum atomic E-state index is -0.336. The number of anilines is 2. The van der Waals surface area contributed by atoms with Crippen LogP contribution in [0.25, 0.3) is 0 Å². The van der Waals surface area contributed by atoms with Crippen molar-refractivity contribution in [3.8, 4) is 0 Å². The Morgan fingerprint density at radius 3 is 2.49 bits per heavy atom. The van der Waals surface area contributed by atoms with E-state index in [4.69, 9.17) is 5.73 Å². The molecule has 1 aromatic carbocycles. The molecule has 222 valence electrons. The quantitative estimate of drug-likeness (QED) is 0.276. The van der Waals surface area contributed by atoms with Gasteiger partial charge in [0.2, 0.25) is 5.91 Å². The lowest BCUT2D eigenvalue weighted by Crippen LogP contribution is -2.47. The van der Waals surface area contributed by atoms with Gasteiger partial charge >= 0.3 is 0 Å². The first-order valence-electron chi connectivity index (χ1n) is 14.8. The van der Waals surface area contributed by atoms with E-state index in [1.807, 2.05) is 38.1 Å². The van der Waals surface area contributed by atoms with Crippen molar-refractivity contribution in [2.24, 2.45) is 10.9 Å². The number of hydrogen-bond donors (Lipinski definition) is 5. The van der Waals surface area contributed by atoms with Crippen molar-refractivity contribution in [2.45, 2.75) is 81.8 Å². The molecule has 0 spiro atoms. The van der Waals surface area contributed by atoms with Crippen LogP contribution in [0, 0.1) is 5.92 Å². The summed E-state index contributed by atoms with van der Waals surface area (Å²) in [7, 11) is 0. The molecule has 1 aromatic heterocycles. The Balaban J connectivity index is 0.00000189. The van der Waals surface area contributed by atoms with Crippen molar-refractivity contribution >= 4 is 46.6 Å². The minimum absolute atomic E-state index is 0.0668. The summed E-state index contributed by atoms with van der Waals surface area (Å²) in [4.78, 5) is 42.2. The lowest BCUT2D eigenvalue weighted by atomic mass is 10.1. The molecule has 1 aliphatic carbocycles. The molecule has 3 fully saturated rings. The molecule has 3 heterocycles. The van der Waals surface area contributed by atoms with Crippen molar-refractivity contribution in [3.63, 3.8) is 0 Å². The van der Waals surface area contributed by atoms with Crippen LogP contribution in [0.15, 0.2) is 39.3 Å². The van der Waals surface area contributed by atoms with Crippen LogP contribution in [-0.2, 0) is 4.79 Å². The van der Waals surface area contributed by atoms with Gasteiger partial charge in [0.05, 0.1) is 0 Å². The fraction of sp³-hybridized carbons (Fsp3) is 0.552. The van der Waals surface area contributed by atoms with E-state index in [1.165, 1.54) is 31.0 Å². The van der Waals surface area contributed by atoms with Gasteiger partial charge in [-0.2, -0.15) is 0 Å². The van der Waals surface area contributed by atoms with E-state index < -0.39 is 0 Å². The molecule has 1 atom stereocenters. The van der Waals surface area contributed by atoms with E-state index in [1.54, 1.807) is 0 Å². The average Bonchev–Trinajstić information content (AvgIpc) is 3.84. The maximum atomic E-state index is 13.2. The van der Waals surface area contributed by atoms with E-state index in [2.05, 4.69) is 48.3 Å². The highest BCUT2D eigenvalue weighted by Crippen LogP contribution is 2.33. The largest absolute Gasteiger partial charge is 0.394 e. The van der Waals surface area contributed by atoms with Gasteiger partial charge in [0.25, 0.3) is 5.91 Å². The third-order valence-electron chi connectivity index (χ3n) is 7.08. The van der Waals surface area contributed by atoms with E-state index in [9.17, 15) is 9.59 Å². The fourth-order valence-corrected chi connectivity index (χ4v) is 5.30. The second-order valence-corrected chi connectivity index (χ2v) is 11.4. The molecule has 6 N–H and O–H groups in total. The van der Waals surface area contributed by atoms with E-state index in [-0.39, 0.29) is 34.9 Å². The third kappa shape index (κ3) is 9.14. The standard InChI is InChI=1S/C27H37N9O2S.C2H6/c1-17-5-12-21(35-34-17)31-24-22(28)23(26(38)29-13-16-36-14-3-2-4-15-36)32-27(33-24)39-20-10-8-19(9-11-20)30-25(37)18-6-7-18;1-2/h8-11,17-18,34H,2-7,12-16,28H2,1H3,(H,29,38)(H,30,37)(H,31,32,33,35);1-2H3. The Morgan fingerprint density at radius 2 is 1.83 bits per heavy atom. The summed E-state index contributed by atoms with van der Waals surface area (Å²) < 4.78 is 0. The van der Waals surface area contributed by atoms with Crippen LogP contribution >= 0.6 is 11.8 Å². The van der Waals surface area contributed by atoms with Gasteiger partial charge < -0.3 is 26.7 Å². The maximum Gasteiger partial charge on any atom is 0.272 e. The highest BCUT2D eigenvalue weighted by molar-refractivity contribution is 7.99. The molecule has 5 rings (SSSR count). The fourth-order valence-electron chi connectivity index (χ4n) is 4.54. The Hall–Kier alpha value is -3.22. The number of piperidine rings is 1. The number of benzene rings is 1. The van der Waals surface area contributed by atoms with Crippen molar-refractivity contribution in [1.29, 1.82) is 0 Å². The first kappa shape index (κ1) is 30.7. The van der Waals surface area contributed by atoms with Gasteiger partial charge in [-0.15, -0.1) is 0 Å². The number of amidine groups is 1. The van der Waals surface area contributed by atoms with Crippen LogP contribution in [0.4, 0.5) is 17.2 Å². The molecule has 2 amide bonds. The number of nitrogens with one attached hydrogen (secondary N) is 4. The molecule has 2 saturated heterocycles. The van der Waals surface area contributed by atoms with Gasteiger partial charge in [-0.1, -0.05) is 20.3 Å². The number of nitrogens with zero attached hydrogens (tertiary/aromatic N) is 4. The number of rotatable bonds is 9. The summed E-state index contributed by atoms with van der Waals surface area (Å²) in [6, 6.07) is 7.83. The number of hydrazine groups is 1. The number of carbonyl (C=O) groups excluding carboxylic acids is 2. The number of carbonyl (C=O) groups is 2. The maximum absolute atomic E-state index is 13.2. The molecule has 0 bridgehead atoms. The molecular weight excluding hydrogens is 538 g/mol. The molecule has 2 aliphatic heterocycles. The number of aromatic nitrogens is 2. The zero-order valence-electron chi connectivity index (χ0n) is 24.3. The Labute approximate surface area is 246 Å². The van der Waals surface area contributed by atoms with Gasteiger partial charge in [0.15, 0.2) is 16.7 Å². The lowest BCUT2D eigenvalue weighted by Gasteiger charge is -2.26. The molecular formula is C29H43N9O2S. The minimum Gasteiger partial charge on any atom is -0.394 e. The van der Waals surface area contributed by atoms with Crippen LogP contribution in [0.3, 0.4) is 0 Å². The SMILES string of the molecule is CC.CC1CCC(=Nc2nc(Sc3ccc(NC(=O)C4CC4)cc3)nc(C(=O)NCCN3CCCCC3)c2N)NN1. The topological polar surface area (TPSA) is 150 Å². The average molecular weight is 582 g/mol. The first-order chi connectivity index (χ1) is 19.9. The Kier molecular flexibility index (Phi) is 11.3. The predicted molar refractivity (Wildman–Crippen MR) is 164 cm³/mol. The van der Waals surface area contributed by atoms with E-state index >= 15 is 0 Å². The molecule has 41 heavy (non-hydrogen) atoms. The van der Waals surface area contributed by atoms with Crippen LogP contribution < -0.4 is 27.2 Å². The number of likely N-dealkylation sites (tertiary alicyclic amines) is 1. The summed E-state index contributed by atoms with van der Waals surface area (Å²) in [6.07, 6.45) is 7.25. The molecule has 3 aliphatic rings. The van der Waals surface area contributed by atoms with Crippen molar-refractivity contribution in [1.82, 2.24) is 31.0 Å². The van der Waals surface area contributed by atoms with Gasteiger partial charge in [-0.25, -0.2) is 20.4 Å². The zero-order chi connectivity index (χ0) is 29.2. The number of nitrogen functional groups attached to an aromatic ring is 1. The molecule has 12 heteroatoms. The van der Waals surface area contributed by atoms with Crippen molar-refractivity contribution in [3.05, 3.63) is 30.0 Å². The Morgan fingerprint density at radius 1 is 1.10 bits per heavy atom. The smallest absolute Gasteiger partial charge is 0.272 e. The Bertz CT molecular complexity index is 1200. The highest BCUT2D eigenvalue weighted by atomic mass is 32.2. The molecule has 1 unspecified atom stereocenters. The highest BCUT2D eigenvalue weighted by Gasteiger charge is 2.29. The number of amides is 2. The van der Waals surface area contributed by atoms with E-state index in [0.717, 1.165) is 55.9 Å². The van der Waals surface area contributed by atoms with Gasteiger partial charge in [0, 0.05) is 42.1 Å². The summed E-state index contributed by atoms with van der Waals surface area (Å²) >= 11 is 1.31. The zero-order valence-corrected chi connectivity index (χ0v) is 25.1. The summed E-state index contributed by atoms with van der Waals surface area (Å²) in [5, 5.41) is 6.29. The number of aliphatic imine (C=N–C) groups is 1. The van der Waals surface area contributed by atoms with Gasteiger partial charge in [0.1, 0.15) is 11.5 Å². The van der Waals surface area contributed by atoms with Crippen LogP contribution in [-0.4, -0.2) is 64.7 Å². The van der Waals surface area contributed by atoms with Crippen LogP contribution in [0.2, 0.25) is 0 Å². The first-order valence-corrected chi connectivity index (χ1v) is 15.6. The monoisotopic (exact) mass is 581 g/mol. The number of hydrogen-bond acceptors (Lipinski definition) is 9. The van der Waals surface area contributed by atoms with Crippen LogP contribution in [0.1, 0.15) is 76.2 Å². The van der Waals surface area contributed by atoms with Gasteiger partial charge in [-0.05, 0) is 88.1 Å². The molecule has 11 nitrogen and oxygen atoms in total. The lowest BCUT2D eigenvalue weighted by molar-refractivity contribution is -0.117.